The first kappa shape index (κ1) is 22.1. The average molecular weight is 494 g/mol. The maximum atomic E-state index is 13.1. The van der Waals surface area contributed by atoms with E-state index in [0.717, 1.165) is 10.9 Å². The first-order chi connectivity index (χ1) is 17.4. The van der Waals surface area contributed by atoms with E-state index in [1.54, 1.807) is 53.9 Å². The summed E-state index contributed by atoms with van der Waals surface area (Å²) in [5, 5.41) is 8.24. The molecule has 9 heteroatoms. The molecule has 0 saturated carbocycles. The number of hydrogen-bond donors (Lipinski definition) is 1. The Hall–Kier alpha value is -4.37. The van der Waals surface area contributed by atoms with E-state index >= 15 is 0 Å². The average Bonchev–Trinajstić information content (AvgIpc) is 3.29. The van der Waals surface area contributed by atoms with E-state index in [1.807, 2.05) is 31.2 Å². The van der Waals surface area contributed by atoms with E-state index in [9.17, 15) is 14.4 Å². The van der Waals surface area contributed by atoms with Crippen LogP contribution in [0.25, 0.3) is 16.6 Å². The molecule has 2 heterocycles. The van der Waals surface area contributed by atoms with Gasteiger partial charge in [-0.2, -0.15) is 4.52 Å². The lowest BCUT2D eigenvalue weighted by Crippen LogP contribution is -2.24. The molecule has 2 aromatic heterocycles. The van der Waals surface area contributed by atoms with Crippen LogP contribution in [0.3, 0.4) is 0 Å². The van der Waals surface area contributed by atoms with E-state index in [1.165, 1.54) is 11.8 Å². The van der Waals surface area contributed by atoms with Crippen LogP contribution in [0.2, 0.25) is 0 Å². The molecule has 0 aliphatic heterocycles. The maximum Gasteiger partial charge on any atom is 0.237 e. The van der Waals surface area contributed by atoms with Crippen molar-refractivity contribution in [3.63, 3.8) is 0 Å². The topological polar surface area (TPSA) is 106 Å². The van der Waals surface area contributed by atoms with Crippen LogP contribution in [-0.2, 0) is 4.79 Å². The van der Waals surface area contributed by atoms with Crippen molar-refractivity contribution in [1.82, 2.24) is 19.6 Å². The SMILES string of the molecule is Cc1nc2c3ccccc3nc(SC(C)C(=O)Nc3ccc4c(c3)C(=O)c3ccccc3C4=O)n2n1. The lowest BCUT2D eigenvalue weighted by Gasteiger charge is -2.18. The lowest BCUT2D eigenvalue weighted by atomic mass is 9.84. The maximum absolute atomic E-state index is 13.1. The fourth-order valence-corrected chi connectivity index (χ4v) is 5.20. The van der Waals surface area contributed by atoms with Crippen molar-refractivity contribution in [1.29, 1.82) is 0 Å². The normalized spacial score (nSPS) is 13.5. The lowest BCUT2D eigenvalue weighted by molar-refractivity contribution is -0.115. The van der Waals surface area contributed by atoms with Gasteiger partial charge in [0.2, 0.25) is 5.91 Å². The number of anilines is 1. The summed E-state index contributed by atoms with van der Waals surface area (Å²) in [5.74, 6) is -0.0867. The summed E-state index contributed by atoms with van der Waals surface area (Å²) in [7, 11) is 0. The van der Waals surface area contributed by atoms with Crippen molar-refractivity contribution < 1.29 is 14.4 Å². The first-order valence-corrected chi connectivity index (χ1v) is 12.2. The molecular weight excluding hydrogens is 474 g/mol. The van der Waals surface area contributed by atoms with Gasteiger partial charge in [0.05, 0.1) is 10.8 Å². The van der Waals surface area contributed by atoms with Gasteiger partial charge in [-0.05, 0) is 44.2 Å². The monoisotopic (exact) mass is 493 g/mol. The quantitative estimate of drug-likeness (QED) is 0.285. The minimum absolute atomic E-state index is 0.198. The molecule has 8 nitrogen and oxygen atoms in total. The number of amides is 1. The molecule has 0 fully saturated rings. The van der Waals surface area contributed by atoms with Crippen molar-refractivity contribution in [3.05, 3.63) is 94.8 Å². The number of carbonyl (C=O) groups excluding carboxylic acids is 3. The highest BCUT2D eigenvalue weighted by molar-refractivity contribution is 8.00. The Kier molecular flexibility index (Phi) is 5.15. The molecule has 0 radical (unpaired) electrons. The number of nitrogens with zero attached hydrogens (tertiary/aromatic N) is 4. The van der Waals surface area contributed by atoms with Crippen LogP contribution >= 0.6 is 11.8 Å². The summed E-state index contributed by atoms with van der Waals surface area (Å²) in [6, 6.07) is 19.2. The highest BCUT2D eigenvalue weighted by atomic mass is 32.2. The van der Waals surface area contributed by atoms with Gasteiger partial charge in [-0.1, -0.05) is 48.2 Å². The van der Waals surface area contributed by atoms with E-state index in [-0.39, 0.29) is 23.0 Å². The van der Waals surface area contributed by atoms with Gasteiger partial charge in [-0.3, -0.25) is 14.4 Å². The number of rotatable bonds is 4. The Morgan fingerprint density at radius 2 is 1.56 bits per heavy atom. The Labute approximate surface area is 209 Å². The van der Waals surface area contributed by atoms with E-state index in [2.05, 4.69) is 15.4 Å². The summed E-state index contributed by atoms with van der Waals surface area (Å²) >= 11 is 1.27. The highest BCUT2D eigenvalue weighted by Gasteiger charge is 2.29. The molecule has 0 saturated heterocycles. The smallest absolute Gasteiger partial charge is 0.237 e. The largest absolute Gasteiger partial charge is 0.325 e. The van der Waals surface area contributed by atoms with Gasteiger partial charge in [-0.25, -0.2) is 9.97 Å². The summed E-state index contributed by atoms with van der Waals surface area (Å²) in [6.07, 6.45) is 0. The van der Waals surface area contributed by atoms with Crippen LogP contribution in [0, 0.1) is 6.92 Å². The zero-order valence-electron chi connectivity index (χ0n) is 19.4. The molecule has 3 aromatic carbocycles. The van der Waals surface area contributed by atoms with Crippen molar-refractivity contribution in [3.8, 4) is 0 Å². The molecule has 6 rings (SSSR count). The number of hydrogen-bond acceptors (Lipinski definition) is 7. The standard InChI is InChI=1S/C27H19N5O3S/c1-14(36-27-30-22-10-6-5-9-20(22)25-28-15(2)31-32(25)27)26(35)29-16-11-12-19-21(13-16)24(34)18-8-4-3-7-17(18)23(19)33/h3-14H,1-2H3,(H,29,35). The van der Waals surface area contributed by atoms with Crippen LogP contribution in [0.1, 0.15) is 44.6 Å². The highest BCUT2D eigenvalue weighted by Crippen LogP contribution is 2.30. The molecule has 36 heavy (non-hydrogen) atoms. The minimum atomic E-state index is -0.527. The number of nitrogens with one attached hydrogen (secondary N) is 1. The zero-order chi connectivity index (χ0) is 25.0. The number of fused-ring (bicyclic) bond motifs is 5. The summed E-state index contributed by atoms with van der Waals surface area (Å²) < 4.78 is 1.66. The fraction of sp³-hybridized carbons (Fsp3) is 0.111. The van der Waals surface area contributed by atoms with Crippen LogP contribution < -0.4 is 5.32 Å². The number of ketones is 2. The number of thioether (sulfide) groups is 1. The molecule has 5 aromatic rings. The molecule has 176 valence electrons. The second-order valence-electron chi connectivity index (χ2n) is 8.52. The third kappa shape index (κ3) is 3.56. The molecule has 0 bridgehead atoms. The van der Waals surface area contributed by atoms with Gasteiger partial charge in [0, 0.05) is 33.3 Å². The molecule has 1 aliphatic carbocycles. The molecule has 1 aliphatic rings. The molecule has 1 atom stereocenters. The molecule has 1 N–H and O–H groups in total. The fourth-order valence-electron chi connectivity index (χ4n) is 4.34. The van der Waals surface area contributed by atoms with E-state index < -0.39 is 5.25 Å². The summed E-state index contributed by atoms with van der Waals surface area (Å²) in [5.41, 5.74) is 3.29. The van der Waals surface area contributed by atoms with Gasteiger partial charge in [0.15, 0.2) is 22.4 Å². The Bertz CT molecular complexity index is 1740. The Balaban J connectivity index is 1.27. The van der Waals surface area contributed by atoms with Gasteiger partial charge < -0.3 is 5.32 Å². The van der Waals surface area contributed by atoms with Crippen LogP contribution in [-0.4, -0.2) is 42.3 Å². The van der Waals surface area contributed by atoms with Crippen molar-refractivity contribution in [2.24, 2.45) is 0 Å². The second-order valence-corrected chi connectivity index (χ2v) is 9.83. The van der Waals surface area contributed by atoms with Crippen LogP contribution in [0.5, 0.6) is 0 Å². The van der Waals surface area contributed by atoms with Gasteiger partial charge in [0.25, 0.3) is 0 Å². The number of aromatic nitrogens is 4. The van der Waals surface area contributed by atoms with Gasteiger partial charge in [0.1, 0.15) is 5.82 Å². The van der Waals surface area contributed by atoms with Crippen molar-refractivity contribution in [2.45, 2.75) is 24.3 Å². The molecular formula is C27H19N5O3S. The van der Waals surface area contributed by atoms with Gasteiger partial charge >= 0.3 is 0 Å². The predicted molar refractivity (Wildman–Crippen MR) is 137 cm³/mol. The number of para-hydroxylation sites is 1. The van der Waals surface area contributed by atoms with E-state index in [4.69, 9.17) is 4.98 Å². The molecule has 1 unspecified atom stereocenters. The van der Waals surface area contributed by atoms with Gasteiger partial charge in [-0.15, -0.1) is 5.10 Å². The Morgan fingerprint density at radius 1 is 0.889 bits per heavy atom. The minimum Gasteiger partial charge on any atom is -0.325 e. The summed E-state index contributed by atoms with van der Waals surface area (Å²) in [4.78, 5) is 48.2. The number of carbonyl (C=O) groups is 3. The number of aryl methyl sites for hydroxylation is 1. The first-order valence-electron chi connectivity index (χ1n) is 11.3. The van der Waals surface area contributed by atoms with Crippen molar-refractivity contribution in [2.75, 3.05) is 5.32 Å². The zero-order valence-corrected chi connectivity index (χ0v) is 20.2. The Morgan fingerprint density at radius 3 is 2.33 bits per heavy atom. The number of benzene rings is 3. The third-order valence-corrected chi connectivity index (χ3v) is 7.14. The molecule has 0 spiro atoms. The predicted octanol–water partition coefficient (Wildman–Crippen LogP) is 4.48. The molecule has 1 amide bonds. The van der Waals surface area contributed by atoms with E-state index in [0.29, 0.717) is 39.0 Å². The van der Waals surface area contributed by atoms with Crippen LogP contribution in [0.15, 0.2) is 71.9 Å². The summed E-state index contributed by atoms with van der Waals surface area (Å²) in [6.45, 7) is 3.59. The third-order valence-electron chi connectivity index (χ3n) is 6.10. The second kappa shape index (κ2) is 8.39. The van der Waals surface area contributed by atoms with Crippen LogP contribution in [0.4, 0.5) is 5.69 Å². The van der Waals surface area contributed by atoms with Crippen molar-refractivity contribution >= 4 is 51.5 Å².